The summed E-state index contributed by atoms with van der Waals surface area (Å²) in [5, 5.41) is 16.4. The van der Waals surface area contributed by atoms with Crippen LogP contribution in [-0.4, -0.2) is 27.9 Å². The smallest absolute Gasteiger partial charge is 0.303 e. The molecule has 0 aliphatic carbocycles. The predicted octanol–water partition coefficient (Wildman–Crippen LogP) is 1.50. The van der Waals surface area contributed by atoms with Crippen LogP contribution in [0.15, 0.2) is 4.42 Å². The Morgan fingerprint density at radius 3 is 3.00 bits per heavy atom. The zero-order chi connectivity index (χ0) is 12.3. The van der Waals surface area contributed by atoms with Gasteiger partial charge in [0.1, 0.15) is 5.60 Å². The van der Waals surface area contributed by atoms with Crippen LogP contribution < -0.4 is 0 Å². The van der Waals surface area contributed by atoms with Gasteiger partial charge in [-0.1, -0.05) is 0 Å². The molecule has 0 radical (unpaired) electrons. The lowest BCUT2D eigenvalue weighted by atomic mass is 10.0. The molecule has 1 aliphatic rings. The lowest BCUT2D eigenvalue weighted by Gasteiger charge is -2.17. The first-order chi connectivity index (χ1) is 8.10. The zero-order valence-electron chi connectivity index (χ0n) is 9.81. The molecule has 17 heavy (non-hydrogen) atoms. The summed E-state index contributed by atoms with van der Waals surface area (Å²) in [6, 6.07) is 0. The SMILES string of the molecule is CC1(c2nnc(CCCC(=O)O)o2)CCCO1. The number of carboxylic acids is 1. The van der Waals surface area contributed by atoms with Crippen molar-refractivity contribution in [3.8, 4) is 0 Å². The summed E-state index contributed by atoms with van der Waals surface area (Å²) in [5.74, 6) is 0.175. The maximum atomic E-state index is 10.4. The van der Waals surface area contributed by atoms with Gasteiger partial charge in [-0.2, -0.15) is 0 Å². The van der Waals surface area contributed by atoms with E-state index in [1.165, 1.54) is 0 Å². The minimum atomic E-state index is -0.809. The number of hydrogen-bond acceptors (Lipinski definition) is 5. The van der Waals surface area contributed by atoms with Crippen LogP contribution in [-0.2, 0) is 21.6 Å². The Kier molecular flexibility index (Phi) is 3.42. The van der Waals surface area contributed by atoms with Crippen molar-refractivity contribution >= 4 is 5.97 Å². The van der Waals surface area contributed by atoms with Crippen molar-refractivity contribution in [2.75, 3.05) is 6.61 Å². The van der Waals surface area contributed by atoms with E-state index in [-0.39, 0.29) is 6.42 Å². The van der Waals surface area contributed by atoms with Crippen LogP contribution in [0.3, 0.4) is 0 Å². The molecule has 0 amide bonds. The summed E-state index contributed by atoms with van der Waals surface area (Å²) in [6.07, 6.45) is 2.99. The van der Waals surface area contributed by atoms with Gasteiger partial charge >= 0.3 is 5.97 Å². The molecule has 1 aliphatic heterocycles. The monoisotopic (exact) mass is 240 g/mol. The number of aliphatic carboxylic acids is 1. The highest BCUT2D eigenvalue weighted by atomic mass is 16.5. The fourth-order valence-corrected chi connectivity index (χ4v) is 1.91. The van der Waals surface area contributed by atoms with E-state index in [9.17, 15) is 4.79 Å². The minimum Gasteiger partial charge on any atom is -0.481 e. The van der Waals surface area contributed by atoms with E-state index in [0.717, 1.165) is 12.8 Å². The Morgan fingerprint density at radius 2 is 2.35 bits per heavy atom. The third-order valence-corrected chi connectivity index (χ3v) is 2.92. The van der Waals surface area contributed by atoms with Crippen molar-refractivity contribution in [1.82, 2.24) is 10.2 Å². The molecule has 1 unspecified atom stereocenters. The van der Waals surface area contributed by atoms with Gasteiger partial charge in [-0.15, -0.1) is 10.2 Å². The summed E-state index contributed by atoms with van der Waals surface area (Å²) in [7, 11) is 0. The second-order valence-electron chi connectivity index (χ2n) is 4.43. The van der Waals surface area contributed by atoms with Gasteiger partial charge in [0.05, 0.1) is 0 Å². The average molecular weight is 240 g/mol. The molecule has 6 nitrogen and oxygen atoms in total. The molecular formula is C11H16N2O4. The van der Waals surface area contributed by atoms with Crippen LogP contribution >= 0.6 is 0 Å². The molecule has 0 spiro atoms. The minimum absolute atomic E-state index is 0.117. The number of hydrogen-bond donors (Lipinski definition) is 1. The summed E-state index contributed by atoms with van der Waals surface area (Å²) < 4.78 is 11.1. The van der Waals surface area contributed by atoms with Gasteiger partial charge < -0.3 is 14.3 Å². The van der Waals surface area contributed by atoms with Crippen LogP contribution in [0.2, 0.25) is 0 Å². The van der Waals surface area contributed by atoms with Crippen molar-refractivity contribution in [3.05, 3.63) is 11.8 Å². The van der Waals surface area contributed by atoms with Crippen molar-refractivity contribution in [2.45, 2.75) is 44.6 Å². The van der Waals surface area contributed by atoms with Crippen LogP contribution in [0.1, 0.15) is 44.4 Å². The molecule has 1 aromatic heterocycles. The highest BCUT2D eigenvalue weighted by molar-refractivity contribution is 5.66. The lowest BCUT2D eigenvalue weighted by molar-refractivity contribution is -0.137. The van der Waals surface area contributed by atoms with Gasteiger partial charge in [0.25, 0.3) is 0 Å². The molecule has 1 saturated heterocycles. The molecule has 0 bridgehead atoms. The maximum Gasteiger partial charge on any atom is 0.303 e. The third kappa shape index (κ3) is 2.82. The molecule has 2 heterocycles. The van der Waals surface area contributed by atoms with Crippen molar-refractivity contribution < 1.29 is 19.1 Å². The quantitative estimate of drug-likeness (QED) is 0.839. The number of aromatic nitrogens is 2. The third-order valence-electron chi connectivity index (χ3n) is 2.92. The predicted molar refractivity (Wildman–Crippen MR) is 57.4 cm³/mol. The van der Waals surface area contributed by atoms with E-state index in [4.69, 9.17) is 14.3 Å². The lowest BCUT2D eigenvalue weighted by Crippen LogP contribution is -2.20. The van der Waals surface area contributed by atoms with Crippen LogP contribution in [0.5, 0.6) is 0 Å². The molecule has 0 saturated carbocycles. The fourth-order valence-electron chi connectivity index (χ4n) is 1.91. The highest BCUT2D eigenvalue weighted by Crippen LogP contribution is 2.34. The normalized spacial score (nSPS) is 24.1. The molecule has 1 aromatic rings. The maximum absolute atomic E-state index is 10.4. The van der Waals surface area contributed by atoms with Gasteiger partial charge in [-0.05, 0) is 26.2 Å². The number of carboxylic acid groups (broad SMARTS) is 1. The van der Waals surface area contributed by atoms with Gasteiger partial charge in [0.15, 0.2) is 0 Å². The van der Waals surface area contributed by atoms with Gasteiger partial charge in [-0.3, -0.25) is 4.79 Å². The standard InChI is InChI=1S/C11H16N2O4/c1-11(6-3-7-16-11)10-13-12-8(17-10)4-2-5-9(14)15/h2-7H2,1H3,(H,14,15). The second kappa shape index (κ2) is 4.83. The first-order valence-corrected chi connectivity index (χ1v) is 5.79. The first kappa shape index (κ1) is 12.0. The molecule has 1 fully saturated rings. The van der Waals surface area contributed by atoms with E-state index in [1.54, 1.807) is 0 Å². The molecule has 2 rings (SSSR count). The largest absolute Gasteiger partial charge is 0.481 e. The fraction of sp³-hybridized carbons (Fsp3) is 0.727. The summed E-state index contributed by atoms with van der Waals surface area (Å²) in [6.45, 7) is 2.65. The van der Waals surface area contributed by atoms with E-state index >= 15 is 0 Å². The molecule has 1 N–H and O–H groups in total. The summed E-state index contributed by atoms with van der Waals surface area (Å²) in [5.41, 5.74) is -0.460. The molecule has 1 atom stereocenters. The molecule has 6 heteroatoms. The number of ether oxygens (including phenoxy) is 1. The van der Waals surface area contributed by atoms with Crippen LogP contribution in [0.25, 0.3) is 0 Å². The molecular weight excluding hydrogens is 224 g/mol. The number of rotatable bonds is 5. The summed E-state index contributed by atoms with van der Waals surface area (Å²) >= 11 is 0. The van der Waals surface area contributed by atoms with Crippen LogP contribution in [0.4, 0.5) is 0 Å². The zero-order valence-corrected chi connectivity index (χ0v) is 9.81. The van der Waals surface area contributed by atoms with Crippen molar-refractivity contribution in [1.29, 1.82) is 0 Å². The van der Waals surface area contributed by atoms with Crippen LogP contribution in [0, 0.1) is 0 Å². The van der Waals surface area contributed by atoms with Gasteiger partial charge in [0.2, 0.25) is 11.8 Å². The van der Waals surface area contributed by atoms with Gasteiger partial charge in [-0.25, -0.2) is 0 Å². The molecule has 94 valence electrons. The average Bonchev–Trinajstić information content (AvgIpc) is 2.87. The van der Waals surface area contributed by atoms with Crippen molar-refractivity contribution in [2.24, 2.45) is 0 Å². The van der Waals surface area contributed by atoms with E-state index in [0.29, 0.717) is 31.2 Å². The summed E-state index contributed by atoms with van der Waals surface area (Å²) in [4.78, 5) is 10.4. The Labute approximate surface area is 99.0 Å². The topological polar surface area (TPSA) is 85.5 Å². The molecule has 0 aromatic carbocycles. The second-order valence-corrected chi connectivity index (χ2v) is 4.43. The highest BCUT2D eigenvalue weighted by Gasteiger charge is 2.37. The van der Waals surface area contributed by atoms with E-state index in [1.807, 2.05) is 6.92 Å². The Morgan fingerprint density at radius 1 is 1.53 bits per heavy atom. The van der Waals surface area contributed by atoms with E-state index in [2.05, 4.69) is 10.2 Å². The van der Waals surface area contributed by atoms with Crippen molar-refractivity contribution in [3.63, 3.8) is 0 Å². The van der Waals surface area contributed by atoms with E-state index < -0.39 is 11.6 Å². The Bertz CT molecular complexity index is 396. The Balaban J connectivity index is 1.93. The number of carbonyl (C=O) groups is 1. The number of aryl methyl sites for hydroxylation is 1. The van der Waals surface area contributed by atoms with Gasteiger partial charge in [0, 0.05) is 19.4 Å². The Hall–Kier alpha value is -1.43. The number of nitrogens with zero attached hydrogens (tertiary/aromatic N) is 2. The first-order valence-electron chi connectivity index (χ1n) is 5.79.